The van der Waals surface area contributed by atoms with Crippen molar-refractivity contribution in [3.63, 3.8) is 0 Å². The maximum Gasteiger partial charge on any atom is 0.164 e. The number of piperidine rings is 1. The maximum absolute atomic E-state index is 10.8. The van der Waals surface area contributed by atoms with Gasteiger partial charge in [-0.3, -0.25) is 4.90 Å². The van der Waals surface area contributed by atoms with Gasteiger partial charge in [-0.2, -0.15) is 5.10 Å². The van der Waals surface area contributed by atoms with Crippen LogP contribution in [0.5, 0.6) is 11.5 Å². The molecule has 9 heteroatoms. The second-order valence-corrected chi connectivity index (χ2v) is 8.79. The molecule has 180 valence electrons. The van der Waals surface area contributed by atoms with E-state index in [0.29, 0.717) is 24.3 Å². The number of carbonyl (C=O) groups is 1. The van der Waals surface area contributed by atoms with Crippen LogP contribution in [0.3, 0.4) is 0 Å². The Balaban J connectivity index is 1.45. The summed E-state index contributed by atoms with van der Waals surface area (Å²) in [4.78, 5) is 21.8. The highest BCUT2D eigenvalue weighted by Crippen LogP contribution is 2.35. The predicted octanol–water partition coefficient (Wildman–Crippen LogP) is 3.77. The molecular formula is C26H29N7O2. The lowest BCUT2D eigenvalue weighted by Gasteiger charge is -2.36. The summed E-state index contributed by atoms with van der Waals surface area (Å²) < 4.78 is 7.90. The van der Waals surface area contributed by atoms with Gasteiger partial charge in [0.15, 0.2) is 5.65 Å². The summed E-state index contributed by atoms with van der Waals surface area (Å²) in [5.41, 5.74) is 15.0. The summed E-state index contributed by atoms with van der Waals surface area (Å²) in [6.07, 6.45) is 5.31. The van der Waals surface area contributed by atoms with Crippen molar-refractivity contribution in [2.24, 2.45) is 5.73 Å². The fraction of sp³-hybridized carbons (Fsp3) is 0.308. The molecule has 9 nitrogen and oxygen atoms in total. The van der Waals surface area contributed by atoms with Gasteiger partial charge < -0.3 is 21.0 Å². The topological polar surface area (TPSA) is 125 Å². The zero-order valence-corrected chi connectivity index (χ0v) is 19.5. The lowest BCUT2D eigenvalue weighted by atomic mass is 10.0. The van der Waals surface area contributed by atoms with E-state index in [1.54, 1.807) is 0 Å². The summed E-state index contributed by atoms with van der Waals surface area (Å²) in [6.45, 7) is 1.65. The Kier molecular flexibility index (Phi) is 6.69. The second kappa shape index (κ2) is 10.2. The fourth-order valence-electron chi connectivity index (χ4n) is 4.66. The number of rotatable bonds is 8. The Labute approximate surface area is 203 Å². The Bertz CT molecular complexity index is 1290. The number of likely N-dealkylation sites (tertiary alicyclic amines) is 1. The largest absolute Gasteiger partial charge is 0.457 e. The zero-order chi connectivity index (χ0) is 24.2. The highest BCUT2D eigenvalue weighted by atomic mass is 16.5. The van der Waals surface area contributed by atoms with E-state index in [4.69, 9.17) is 21.3 Å². The summed E-state index contributed by atoms with van der Waals surface area (Å²) in [6, 6.07) is 17.5. The number of carbonyl (C=O) groups excluding carboxylic acids is 1. The second-order valence-electron chi connectivity index (χ2n) is 8.79. The summed E-state index contributed by atoms with van der Waals surface area (Å²) in [7, 11) is 0. The van der Waals surface area contributed by atoms with Gasteiger partial charge in [0.25, 0.3) is 0 Å². The monoisotopic (exact) mass is 471 g/mol. The molecule has 0 bridgehead atoms. The molecule has 1 saturated heterocycles. The van der Waals surface area contributed by atoms with Crippen LogP contribution in [-0.4, -0.2) is 50.2 Å². The van der Waals surface area contributed by atoms with Gasteiger partial charge in [0.2, 0.25) is 0 Å². The molecule has 3 heterocycles. The van der Waals surface area contributed by atoms with Gasteiger partial charge in [-0.15, -0.1) is 0 Å². The van der Waals surface area contributed by atoms with Crippen molar-refractivity contribution in [3.05, 3.63) is 60.9 Å². The van der Waals surface area contributed by atoms with Crippen LogP contribution >= 0.6 is 0 Å². The summed E-state index contributed by atoms with van der Waals surface area (Å²) in [5, 5.41) is 5.73. The van der Waals surface area contributed by atoms with Crippen LogP contribution in [0.4, 0.5) is 5.82 Å². The number of hydrogen-bond donors (Lipinski definition) is 2. The number of para-hydroxylation sites is 1. The minimum absolute atomic E-state index is 0.0947. The van der Waals surface area contributed by atoms with Crippen molar-refractivity contribution in [1.29, 1.82) is 0 Å². The molecule has 4 aromatic rings. The smallest absolute Gasteiger partial charge is 0.164 e. The number of hydrogen-bond acceptors (Lipinski definition) is 8. The molecule has 2 aromatic heterocycles. The number of fused-ring (bicyclic) bond motifs is 1. The first-order valence-corrected chi connectivity index (χ1v) is 11.9. The molecule has 5 rings (SSSR count). The number of nitrogens with two attached hydrogens (primary N) is 2. The summed E-state index contributed by atoms with van der Waals surface area (Å²) in [5.74, 6) is 1.91. The van der Waals surface area contributed by atoms with Crippen molar-refractivity contribution < 1.29 is 9.53 Å². The highest BCUT2D eigenvalue weighted by Gasteiger charge is 2.28. The average Bonchev–Trinajstić information content (AvgIpc) is 3.29. The molecule has 1 fully saturated rings. The zero-order valence-electron chi connectivity index (χ0n) is 19.5. The Morgan fingerprint density at radius 3 is 2.63 bits per heavy atom. The molecule has 35 heavy (non-hydrogen) atoms. The van der Waals surface area contributed by atoms with E-state index in [1.807, 2.05) is 59.3 Å². The van der Waals surface area contributed by atoms with E-state index < -0.39 is 0 Å². The van der Waals surface area contributed by atoms with Gasteiger partial charge in [-0.25, -0.2) is 14.6 Å². The number of aromatic nitrogens is 4. The molecule has 0 unspecified atom stereocenters. The first-order chi connectivity index (χ1) is 17.1. The number of nitrogens with zero attached hydrogens (tertiary/aromatic N) is 5. The standard InChI is InChI=1S/C26H29N7O2/c27-22(9-5-15-34)32-14-4-6-19(16-32)33-26-23(25(28)29-17-30-26)24(31-33)18-10-12-21(13-11-18)35-20-7-2-1-3-8-20/h1-3,7-8,10-13,15,17,19,22H,4-6,9,14,16,27H2,(H2,28,29,30)/t19-,22-/m1/s1. The molecule has 0 amide bonds. The van der Waals surface area contributed by atoms with Gasteiger partial charge in [0.1, 0.15) is 35.6 Å². The van der Waals surface area contributed by atoms with E-state index in [1.165, 1.54) is 6.33 Å². The Morgan fingerprint density at radius 1 is 1.09 bits per heavy atom. The molecule has 4 N–H and O–H groups in total. The van der Waals surface area contributed by atoms with Crippen LogP contribution in [0.2, 0.25) is 0 Å². The molecule has 2 aromatic carbocycles. The molecule has 0 spiro atoms. The van der Waals surface area contributed by atoms with Crippen molar-refractivity contribution >= 4 is 23.1 Å². The Morgan fingerprint density at radius 2 is 1.86 bits per heavy atom. The average molecular weight is 472 g/mol. The van der Waals surface area contributed by atoms with E-state index >= 15 is 0 Å². The number of aldehydes is 1. The third-order valence-electron chi connectivity index (χ3n) is 6.45. The van der Waals surface area contributed by atoms with Crippen LogP contribution in [0, 0.1) is 0 Å². The number of anilines is 1. The van der Waals surface area contributed by atoms with Gasteiger partial charge >= 0.3 is 0 Å². The van der Waals surface area contributed by atoms with E-state index in [9.17, 15) is 4.79 Å². The quantitative estimate of drug-likeness (QED) is 0.372. The number of benzene rings is 2. The molecule has 1 aliphatic heterocycles. The minimum Gasteiger partial charge on any atom is -0.457 e. The SMILES string of the molecule is Nc1ncnc2c1c(-c1ccc(Oc3ccccc3)cc1)nn2[C@@H]1CCCN([C@@H](N)CCC=O)C1. The fourth-order valence-corrected chi connectivity index (χ4v) is 4.66. The third-order valence-corrected chi connectivity index (χ3v) is 6.45. The van der Waals surface area contributed by atoms with Crippen molar-refractivity contribution in [2.75, 3.05) is 18.8 Å². The molecule has 1 aliphatic rings. The summed E-state index contributed by atoms with van der Waals surface area (Å²) >= 11 is 0. The minimum atomic E-state index is -0.152. The number of nitrogen functional groups attached to an aromatic ring is 1. The first kappa shape index (κ1) is 22.9. The predicted molar refractivity (Wildman–Crippen MR) is 135 cm³/mol. The molecule has 0 saturated carbocycles. The lowest BCUT2D eigenvalue weighted by Crippen LogP contribution is -2.48. The van der Waals surface area contributed by atoms with Crippen LogP contribution in [0.15, 0.2) is 60.9 Å². The molecule has 0 radical (unpaired) electrons. The normalized spacial score (nSPS) is 17.3. The first-order valence-electron chi connectivity index (χ1n) is 11.9. The molecular weight excluding hydrogens is 442 g/mol. The van der Waals surface area contributed by atoms with Gasteiger partial charge in [0.05, 0.1) is 17.6 Å². The van der Waals surface area contributed by atoms with Gasteiger partial charge in [0, 0.05) is 18.5 Å². The van der Waals surface area contributed by atoms with E-state index in [0.717, 1.165) is 60.4 Å². The van der Waals surface area contributed by atoms with E-state index in [-0.39, 0.29) is 12.2 Å². The molecule has 2 atom stereocenters. The Hall–Kier alpha value is -3.82. The van der Waals surface area contributed by atoms with Crippen LogP contribution in [0.25, 0.3) is 22.3 Å². The maximum atomic E-state index is 10.8. The third kappa shape index (κ3) is 4.87. The van der Waals surface area contributed by atoms with E-state index in [2.05, 4.69) is 14.9 Å². The van der Waals surface area contributed by atoms with Crippen molar-refractivity contribution in [1.82, 2.24) is 24.6 Å². The van der Waals surface area contributed by atoms with Gasteiger partial charge in [-0.1, -0.05) is 18.2 Å². The van der Waals surface area contributed by atoms with Crippen molar-refractivity contribution in [3.8, 4) is 22.8 Å². The van der Waals surface area contributed by atoms with Crippen molar-refractivity contribution in [2.45, 2.75) is 37.9 Å². The number of ether oxygens (including phenoxy) is 1. The molecule has 0 aliphatic carbocycles. The van der Waals surface area contributed by atoms with Gasteiger partial charge in [-0.05, 0) is 62.2 Å². The lowest BCUT2D eigenvalue weighted by molar-refractivity contribution is -0.108. The van der Waals surface area contributed by atoms with Crippen LogP contribution in [-0.2, 0) is 4.79 Å². The highest BCUT2D eigenvalue weighted by molar-refractivity contribution is 5.98. The van der Waals surface area contributed by atoms with Crippen LogP contribution in [0.1, 0.15) is 31.7 Å². The van der Waals surface area contributed by atoms with Crippen LogP contribution < -0.4 is 16.2 Å².